The smallest absolute Gasteiger partial charge is 0.0704 e. The van der Waals surface area contributed by atoms with Crippen molar-refractivity contribution in [1.29, 1.82) is 0 Å². The highest BCUT2D eigenvalue weighted by Crippen LogP contribution is 2.26. The van der Waals surface area contributed by atoms with Crippen LogP contribution in [0.15, 0.2) is 21.5 Å². The van der Waals surface area contributed by atoms with Crippen LogP contribution in [0, 0.1) is 5.92 Å². The molecule has 1 nitrogen and oxygen atoms in total. The fraction of sp³-hybridized carbons (Fsp3) is 0.538. The number of hydrogen-bond donors (Lipinski definition) is 1. The summed E-state index contributed by atoms with van der Waals surface area (Å²) in [4.78, 5) is 1.34. The molecule has 1 aliphatic rings. The lowest BCUT2D eigenvalue weighted by molar-refractivity contribution is 0.663. The summed E-state index contributed by atoms with van der Waals surface area (Å²) < 4.78 is 1.21. The van der Waals surface area contributed by atoms with Gasteiger partial charge in [0, 0.05) is 17.5 Å². The number of thiophene rings is 1. The molecule has 88 valence electrons. The second kappa shape index (κ2) is 5.48. The SMILES string of the molecule is CC(C)C(=Cc1ccc(Br)s1)CNC1CC1. The van der Waals surface area contributed by atoms with Crippen molar-refractivity contribution < 1.29 is 0 Å². The summed E-state index contributed by atoms with van der Waals surface area (Å²) in [5.74, 6) is 0.618. The van der Waals surface area contributed by atoms with E-state index in [2.05, 4.69) is 53.3 Å². The van der Waals surface area contributed by atoms with E-state index in [9.17, 15) is 0 Å². The number of halogens is 1. The molecule has 1 aliphatic carbocycles. The first-order valence-electron chi connectivity index (χ1n) is 5.84. The molecule has 1 heterocycles. The van der Waals surface area contributed by atoms with Crippen LogP contribution in [0.4, 0.5) is 0 Å². The van der Waals surface area contributed by atoms with Crippen LogP contribution in [-0.4, -0.2) is 12.6 Å². The minimum absolute atomic E-state index is 0.618. The van der Waals surface area contributed by atoms with Gasteiger partial charge in [-0.05, 0) is 52.9 Å². The third kappa shape index (κ3) is 3.72. The van der Waals surface area contributed by atoms with E-state index in [1.807, 2.05) is 0 Å². The Morgan fingerprint density at radius 3 is 2.81 bits per heavy atom. The third-order valence-electron chi connectivity index (χ3n) is 2.84. The molecule has 0 atom stereocenters. The van der Waals surface area contributed by atoms with Crippen LogP contribution in [-0.2, 0) is 0 Å². The normalized spacial score (nSPS) is 17.1. The van der Waals surface area contributed by atoms with Gasteiger partial charge in [0.1, 0.15) is 0 Å². The monoisotopic (exact) mass is 299 g/mol. The van der Waals surface area contributed by atoms with Crippen molar-refractivity contribution in [2.24, 2.45) is 5.92 Å². The molecule has 1 aromatic rings. The Bertz CT molecular complexity index is 377. The maximum atomic E-state index is 3.59. The summed E-state index contributed by atoms with van der Waals surface area (Å²) in [7, 11) is 0. The number of hydrogen-bond acceptors (Lipinski definition) is 2. The molecule has 1 aromatic heterocycles. The minimum atomic E-state index is 0.618. The summed E-state index contributed by atoms with van der Waals surface area (Å²) >= 11 is 5.30. The average molecular weight is 300 g/mol. The van der Waals surface area contributed by atoms with Gasteiger partial charge < -0.3 is 5.32 Å². The fourth-order valence-electron chi connectivity index (χ4n) is 1.56. The molecule has 0 unspecified atom stereocenters. The van der Waals surface area contributed by atoms with Crippen molar-refractivity contribution in [3.63, 3.8) is 0 Å². The summed E-state index contributed by atoms with van der Waals surface area (Å²) in [6.07, 6.45) is 5.04. The first-order valence-corrected chi connectivity index (χ1v) is 7.45. The van der Waals surface area contributed by atoms with Gasteiger partial charge in [0.15, 0.2) is 0 Å². The number of nitrogens with one attached hydrogen (secondary N) is 1. The predicted molar refractivity (Wildman–Crippen MR) is 75.9 cm³/mol. The third-order valence-corrected chi connectivity index (χ3v) is 4.41. The van der Waals surface area contributed by atoms with E-state index in [4.69, 9.17) is 0 Å². The van der Waals surface area contributed by atoms with Crippen molar-refractivity contribution in [2.75, 3.05) is 6.54 Å². The van der Waals surface area contributed by atoms with E-state index in [0.29, 0.717) is 5.92 Å². The summed E-state index contributed by atoms with van der Waals surface area (Å²) in [6.45, 7) is 5.57. The van der Waals surface area contributed by atoms with Crippen LogP contribution >= 0.6 is 27.3 Å². The van der Waals surface area contributed by atoms with Gasteiger partial charge in [0.05, 0.1) is 3.79 Å². The Labute approximate surface area is 110 Å². The largest absolute Gasteiger partial charge is 0.310 e. The molecular weight excluding hydrogens is 282 g/mol. The predicted octanol–water partition coefficient (Wildman–Crippen LogP) is 4.30. The number of rotatable bonds is 5. The van der Waals surface area contributed by atoms with Crippen molar-refractivity contribution in [1.82, 2.24) is 5.32 Å². The highest BCUT2D eigenvalue weighted by atomic mass is 79.9. The lowest BCUT2D eigenvalue weighted by Gasteiger charge is -2.12. The fourth-order valence-corrected chi connectivity index (χ4v) is 2.96. The van der Waals surface area contributed by atoms with E-state index in [0.717, 1.165) is 12.6 Å². The maximum absolute atomic E-state index is 3.59. The van der Waals surface area contributed by atoms with Crippen LogP contribution < -0.4 is 5.32 Å². The molecule has 0 saturated heterocycles. The summed E-state index contributed by atoms with van der Waals surface area (Å²) in [6, 6.07) is 5.08. The van der Waals surface area contributed by atoms with Crippen LogP contribution in [0.3, 0.4) is 0 Å². The minimum Gasteiger partial charge on any atom is -0.310 e. The summed E-state index contributed by atoms with van der Waals surface area (Å²) in [5.41, 5.74) is 1.50. The van der Waals surface area contributed by atoms with Crippen molar-refractivity contribution in [2.45, 2.75) is 32.7 Å². The zero-order valence-electron chi connectivity index (χ0n) is 9.79. The van der Waals surface area contributed by atoms with Crippen LogP contribution in [0.25, 0.3) is 6.08 Å². The second-order valence-electron chi connectivity index (χ2n) is 4.67. The molecule has 1 N–H and O–H groups in total. The highest BCUT2D eigenvalue weighted by molar-refractivity contribution is 9.11. The Balaban J connectivity index is 2.01. The van der Waals surface area contributed by atoms with Crippen LogP contribution in [0.1, 0.15) is 31.6 Å². The molecular formula is C13H18BrNS. The molecule has 3 heteroatoms. The van der Waals surface area contributed by atoms with Gasteiger partial charge in [0.25, 0.3) is 0 Å². The molecule has 0 amide bonds. The molecule has 0 radical (unpaired) electrons. The zero-order chi connectivity index (χ0) is 11.5. The zero-order valence-corrected chi connectivity index (χ0v) is 12.2. The van der Waals surface area contributed by atoms with Gasteiger partial charge in [-0.2, -0.15) is 0 Å². The van der Waals surface area contributed by atoms with Gasteiger partial charge in [-0.3, -0.25) is 0 Å². The Morgan fingerprint density at radius 1 is 1.56 bits per heavy atom. The molecule has 0 spiro atoms. The Kier molecular flexibility index (Phi) is 4.22. The Morgan fingerprint density at radius 2 is 2.31 bits per heavy atom. The van der Waals surface area contributed by atoms with Gasteiger partial charge >= 0.3 is 0 Å². The van der Waals surface area contributed by atoms with E-state index in [1.54, 1.807) is 11.3 Å². The molecule has 1 saturated carbocycles. The Hall–Kier alpha value is -0.120. The molecule has 0 aliphatic heterocycles. The van der Waals surface area contributed by atoms with E-state index in [-0.39, 0.29) is 0 Å². The van der Waals surface area contributed by atoms with Crippen molar-refractivity contribution in [3.05, 3.63) is 26.4 Å². The van der Waals surface area contributed by atoms with E-state index >= 15 is 0 Å². The van der Waals surface area contributed by atoms with Crippen LogP contribution in [0.5, 0.6) is 0 Å². The van der Waals surface area contributed by atoms with E-state index < -0.39 is 0 Å². The standard InChI is InChI=1S/C13H18BrNS/c1-9(2)10(8-15-11-3-4-11)7-12-5-6-13(14)16-12/h5-7,9,11,15H,3-4,8H2,1-2H3. The molecule has 16 heavy (non-hydrogen) atoms. The van der Waals surface area contributed by atoms with E-state index in [1.165, 1.54) is 27.1 Å². The first kappa shape index (κ1) is 12.3. The highest BCUT2D eigenvalue weighted by Gasteiger charge is 2.20. The van der Waals surface area contributed by atoms with Gasteiger partial charge in [-0.25, -0.2) is 0 Å². The van der Waals surface area contributed by atoms with Gasteiger partial charge in [-0.15, -0.1) is 11.3 Å². The van der Waals surface area contributed by atoms with Crippen molar-refractivity contribution in [3.8, 4) is 0 Å². The molecule has 0 aromatic carbocycles. The quantitative estimate of drug-likeness (QED) is 0.855. The molecule has 2 rings (SSSR count). The molecule has 0 bridgehead atoms. The topological polar surface area (TPSA) is 12.0 Å². The van der Waals surface area contributed by atoms with Crippen LogP contribution in [0.2, 0.25) is 0 Å². The lowest BCUT2D eigenvalue weighted by Crippen LogP contribution is -2.21. The van der Waals surface area contributed by atoms with Crippen molar-refractivity contribution >= 4 is 33.3 Å². The maximum Gasteiger partial charge on any atom is 0.0704 e. The van der Waals surface area contributed by atoms with Gasteiger partial charge in [-0.1, -0.05) is 19.4 Å². The van der Waals surface area contributed by atoms with Gasteiger partial charge in [0.2, 0.25) is 0 Å². The first-order chi connectivity index (χ1) is 7.65. The summed E-state index contributed by atoms with van der Waals surface area (Å²) in [5, 5.41) is 3.59. The molecule has 1 fully saturated rings. The lowest BCUT2D eigenvalue weighted by atomic mass is 10.0. The second-order valence-corrected chi connectivity index (χ2v) is 7.17. The average Bonchev–Trinajstić information content (AvgIpc) is 2.96.